The Hall–Kier alpha value is -2.72. The summed E-state index contributed by atoms with van der Waals surface area (Å²) in [6.07, 6.45) is 2.73. The van der Waals surface area contributed by atoms with Gasteiger partial charge in [0.2, 0.25) is 21.8 Å². The van der Waals surface area contributed by atoms with Gasteiger partial charge in [0, 0.05) is 23.1 Å². The molecule has 1 atom stereocenters. The van der Waals surface area contributed by atoms with Crippen LogP contribution in [0.1, 0.15) is 49.5 Å². The number of anilines is 1. The van der Waals surface area contributed by atoms with E-state index in [1.165, 1.54) is 24.0 Å². The molecule has 0 aliphatic heterocycles. The predicted octanol–water partition coefficient (Wildman–Crippen LogP) is 3.75. The van der Waals surface area contributed by atoms with Gasteiger partial charge in [0.05, 0.1) is 11.9 Å². The first-order valence-electron chi connectivity index (χ1n) is 11.3. The van der Waals surface area contributed by atoms with Crippen LogP contribution in [0.3, 0.4) is 0 Å². The summed E-state index contributed by atoms with van der Waals surface area (Å²) in [5, 5.41) is 2.84. The number of benzene rings is 2. The molecule has 0 aliphatic carbocycles. The van der Waals surface area contributed by atoms with Gasteiger partial charge in [-0.15, -0.1) is 0 Å². The van der Waals surface area contributed by atoms with Gasteiger partial charge in [0.1, 0.15) is 12.6 Å². The number of hydrogen-bond donors (Lipinski definition) is 1. The summed E-state index contributed by atoms with van der Waals surface area (Å²) in [5.74, 6) is -1.08. The molecular formula is C25H32BrN3O5S. The van der Waals surface area contributed by atoms with E-state index in [0.29, 0.717) is 12.1 Å². The number of carbonyl (C=O) groups is 3. The number of carbonyl (C=O) groups excluding carboxylic acids is 3. The molecule has 0 saturated heterocycles. The third kappa shape index (κ3) is 8.47. The summed E-state index contributed by atoms with van der Waals surface area (Å²) in [6, 6.07) is 12.6. The number of nitrogens with one attached hydrogen (secondary N) is 1. The van der Waals surface area contributed by atoms with Gasteiger partial charge in [0.25, 0.3) is 0 Å². The number of halogens is 1. The maximum Gasteiger partial charge on any atom is 0.244 e. The van der Waals surface area contributed by atoms with Gasteiger partial charge in [-0.05, 0) is 50.1 Å². The van der Waals surface area contributed by atoms with E-state index >= 15 is 0 Å². The highest BCUT2D eigenvalue weighted by Crippen LogP contribution is 2.21. The van der Waals surface area contributed by atoms with Crippen LogP contribution >= 0.6 is 15.9 Å². The van der Waals surface area contributed by atoms with Gasteiger partial charge < -0.3 is 10.2 Å². The van der Waals surface area contributed by atoms with Crippen LogP contribution in [0, 0.1) is 0 Å². The zero-order chi connectivity index (χ0) is 26.2. The number of rotatable bonds is 12. The van der Waals surface area contributed by atoms with Crippen LogP contribution in [0.4, 0.5) is 5.69 Å². The molecule has 0 saturated carbocycles. The Bertz CT molecular complexity index is 1170. The molecule has 0 bridgehead atoms. The second-order valence-electron chi connectivity index (χ2n) is 8.35. The zero-order valence-corrected chi connectivity index (χ0v) is 22.9. The molecule has 0 fully saturated rings. The van der Waals surface area contributed by atoms with Gasteiger partial charge in [-0.25, -0.2) is 8.42 Å². The lowest BCUT2D eigenvalue weighted by Gasteiger charge is -2.31. The van der Waals surface area contributed by atoms with Crippen LogP contribution in [0.15, 0.2) is 53.0 Å². The molecule has 2 aromatic carbocycles. The Morgan fingerprint density at radius 2 is 1.77 bits per heavy atom. The Balaban J connectivity index is 2.39. The van der Waals surface area contributed by atoms with Crippen molar-refractivity contribution >= 4 is 49.2 Å². The highest BCUT2D eigenvalue weighted by Gasteiger charge is 2.30. The van der Waals surface area contributed by atoms with Crippen LogP contribution in [0.25, 0.3) is 0 Å². The smallest absolute Gasteiger partial charge is 0.244 e. The molecule has 8 nitrogen and oxygen atoms in total. The van der Waals surface area contributed by atoms with E-state index < -0.39 is 28.5 Å². The predicted molar refractivity (Wildman–Crippen MR) is 141 cm³/mol. The number of amides is 2. The van der Waals surface area contributed by atoms with Crippen molar-refractivity contribution in [1.29, 1.82) is 0 Å². The van der Waals surface area contributed by atoms with E-state index in [2.05, 4.69) is 21.2 Å². The van der Waals surface area contributed by atoms with E-state index in [4.69, 9.17) is 0 Å². The highest BCUT2D eigenvalue weighted by molar-refractivity contribution is 9.10. The lowest BCUT2D eigenvalue weighted by atomic mass is 10.1. The summed E-state index contributed by atoms with van der Waals surface area (Å²) in [6.45, 7) is 5.11. The summed E-state index contributed by atoms with van der Waals surface area (Å²) in [5.41, 5.74) is 1.32. The molecule has 0 spiro atoms. The summed E-state index contributed by atoms with van der Waals surface area (Å²) >= 11 is 3.41. The molecule has 2 aromatic rings. The van der Waals surface area contributed by atoms with Crippen LogP contribution in [0.5, 0.6) is 0 Å². The number of nitrogens with zero attached hydrogens (tertiary/aromatic N) is 2. The Labute approximate surface area is 215 Å². The van der Waals surface area contributed by atoms with E-state index in [1.54, 1.807) is 19.1 Å². The fraction of sp³-hybridized carbons (Fsp3) is 0.400. The van der Waals surface area contributed by atoms with Crippen LogP contribution in [0.2, 0.25) is 0 Å². The highest BCUT2D eigenvalue weighted by atomic mass is 79.9. The number of unbranched alkanes of at least 4 members (excludes halogenated alkanes) is 1. The normalized spacial score (nSPS) is 12.0. The minimum Gasteiger partial charge on any atom is -0.354 e. The third-order valence-electron chi connectivity index (χ3n) is 5.46. The van der Waals surface area contributed by atoms with Crippen molar-refractivity contribution in [3.8, 4) is 0 Å². The Kier molecular flexibility index (Phi) is 10.5. The van der Waals surface area contributed by atoms with E-state index in [0.717, 1.165) is 33.4 Å². The van der Waals surface area contributed by atoms with Crippen molar-refractivity contribution in [2.75, 3.05) is 23.7 Å². The van der Waals surface area contributed by atoms with Gasteiger partial charge in [-0.1, -0.05) is 53.5 Å². The van der Waals surface area contributed by atoms with Gasteiger partial charge in [0.15, 0.2) is 5.78 Å². The second kappa shape index (κ2) is 12.8. The topological polar surface area (TPSA) is 104 Å². The molecule has 35 heavy (non-hydrogen) atoms. The lowest BCUT2D eigenvalue weighted by molar-refractivity contribution is -0.139. The fourth-order valence-electron chi connectivity index (χ4n) is 3.44. The minimum absolute atomic E-state index is 0.117. The van der Waals surface area contributed by atoms with Crippen molar-refractivity contribution in [3.63, 3.8) is 0 Å². The number of sulfonamides is 1. The summed E-state index contributed by atoms with van der Waals surface area (Å²) < 4.78 is 27.1. The summed E-state index contributed by atoms with van der Waals surface area (Å²) in [7, 11) is -3.87. The third-order valence-corrected chi connectivity index (χ3v) is 7.09. The van der Waals surface area contributed by atoms with Crippen molar-refractivity contribution in [1.82, 2.24) is 10.2 Å². The largest absolute Gasteiger partial charge is 0.354 e. The fourth-order valence-corrected chi connectivity index (χ4v) is 4.73. The molecule has 2 rings (SSSR count). The van der Waals surface area contributed by atoms with Crippen molar-refractivity contribution < 1.29 is 22.8 Å². The van der Waals surface area contributed by atoms with Gasteiger partial charge in [-0.3, -0.25) is 18.7 Å². The minimum atomic E-state index is -3.87. The molecule has 10 heteroatoms. The first-order valence-corrected chi connectivity index (χ1v) is 14.0. The molecule has 190 valence electrons. The van der Waals surface area contributed by atoms with Crippen LogP contribution in [-0.4, -0.2) is 56.3 Å². The van der Waals surface area contributed by atoms with Gasteiger partial charge >= 0.3 is 0 Å². The molecule has 0 aliphatic rings. The maximum absolute atomic E-state index is 13.5. The Morgan fingerprint density at radius 3 is 2.37 bits per heavy atom. The van der Waals surface area contributed by atoms with Crippen LogP contribution < -0.4 is 9.62 Å². The van der Waals surface area contributed by atoms with Crippen molar-refractivity contribution in [2.24, 2.45) is 0 Å². The molecule has 1 unspecified atom stereocenters. The standard InChI is InChI=1S/C25H32BrN3O5S/c1-5-6-13-27-25(32)18(2)28(16-20-9-7-11-22(26)14-20)24(31)17-29(35(4,33)34)23-12-8-10-21(15-23)19(3)30/h7-12,14-15,18H,5-6,13,16-17H2,1-4H3,(H,27,32). The maximum atomic E-state index is 13.5. The number of Topliss-reactive ketones (excluding diaryl/α,β-unsaturated/α-hetero) is 1. The quantitative estimate of drug-likeness (QED) is 0.312. The number of ketones is 1. The van der Waals surface area contributed by atoms with Crippen molar-refractivity contribution in [2.45, 2.75) is 46.2 Å². The number of hydrogen-bond acceptors (Lipinski definition) is 5. The molecule has 1 N–H and O–H groups in total. The summed E-state index contributed by atoms with van der Waals surface area (Å²) in [4.78, 5) is 39.5. The molecule has 0 radical (unpaired) electrons. The monoisotopic (exact) mass is 565 g/mol. The molecule has 2 amide bonds. The van der Waals surface area contributed by atoms with Crippen LogP contribution in [-0.2, 0) is 26.2 Å². The average Bonchev–Trinajstić information content (AvgIpc) is 2.79. The van der Waals surface area contributed by atoms with E-state index in [-0.39, 0.29) is 23.9 Å². The average molecular weight is 567 g/mol. The van der Waals surface area contributed by atoms with E-state index in [1.807, 2.05) is 31.2 Å². The first-order chi connectivity index (χ1) is 16.4. The van der Waals surface area contributed by atoms with Gasteiger partial charge in [-0.2, -0.15) is 0 Å². The SMILES string of the molecule is CCCCNC(=O)C(C)N(Cc1cccc(Br)c1)C(=O)CN(c1cccc(C(C)=O)c1)S(C)(=O)=O. The second-order valence-corrected chi connectivity index (χ2v) is 11.2. The zero-order valence-electron chi connectivity index (χ0n) is 20.5. The molecular weight excluding hydrogens is 534 g/mol. The molecule has 0 aromatic heterocycles. The lowest BCUT2D eigenvalue weighted by Crippen LogP contribution is -2.51. The van der Waals surface area contributed by atoms with E-state index in [9.17, 15) is 22.8 Å². The molecule has 0 heterocycles. The Morgan fingerprint density at radius 1 is 1.09 bits per heavy atom. The first kappa shape index (κ1) is 28.5. The van der Waals surface area contributed by atoms with Crippen molar-refractivity contribution in [3.05, 3.63) is 64.1 Å².